The van der Waals surface area contributed by atoms with Crippen LogP contribution in [-0.2, 0) is 19.4 Å². The van der Waals surface area contributed by atoms with Crippen molar-refractivity contribution in [3.05, 3.63) is 69.6 Å². The Kier molecular flexibility index (Phi) is 4.29. The monoisotopic (exact) mass is 347 g/mol. The van der Waals surface area contributed by atoms with Gasteiger partial charge >= 0.3 is 0 Å². The van der Waals surface area contributed by atoms with E-state index in [0.717, 1.165) is 24.9 Å². The molecule has 5 nitrogen and oxygen atoms in total. The molecule has 0 fully saturated rings. The standard InChI is InChI=1S/C21H21N3O2/c1-2-12-24-21(26)18-9-4-3-8-17(18)19(23-24)20(25)22-16-11-10-14-6-5-7-15(14)13-16/h3-4,8-11,13H,2,5-7,12H2,1H3,(H,22,25). The third kappa shape index (κ3) is 2.90. The number of nitrogens with one attached hydrogen (secondary N) is 1. The number of anilines is 1. The fourth-order valence-corrected chi connectivity index (χ4v) is 3.61. The van der Waals surface area contributed by atoms with E-state index in [2.05, 4.69) is 16.5 Å². The first-order valence-electron chi connectivity index (χ1n) is 9.10. The molecule has 0 bridgehead atoms. The van der Waals surface area contributed by atoms with Gasteiger partial charge in [0.2, 0.25) is 0 Å². The lowest BCUT2D eigenvalue weighted by Gasteiger charge is -2.11. The fraction of sp³-hybridized carbons (Fsp3) is 0.286. The van der Waals surface area contributed by atoms with Gasteiger partial charge in [0.05, 0.1) is 5.39 Å². The normalized spacial score (nSPS) is 13.0. The Balaban J connectivity index is 1.74. The van der Waals surface area contributed by atoms with Gasteiger partial charge in [-0.3, -0.25) is 9.59 Å². The van der Waals surface area contributed by atoms with E-state index in [0.29, 0.717) is 17.3 Å². The van der Waals surface area contributed by atoms with Gasteiger partial charge in [0, 0.05) is 17.6 Å². The van der Waals surface area contributed by atoms with Crippen LogP contribution in [0.4, 0.5) is 5.69 Å². The Morgan fingerprint density at radius 3 is 2.69 bits per heavy atom. The number of hydrogen-bond acceptors (Lipinski definition) is 3. The molecule has 1 N–H and O–H groups in total. The van der Waals surface area contributed by atoms with Gasteiger partial charge in [0.1, 0.15) is 0 Å². The summed E-state index contributed by atoms with van der Waals surface area (Å²) in [6.45, 7) is 2.47. The molecule has 26 heavy (non-hydrogen) atoms. The summed E-state index contributed by atoms with van der Waals surface area (Å²) in [5.74, 6) is -0.288. The van der Waals surface area contributed by atoms with Crippen molar-refractivity contribution in [2.75, 3.05) is 5.32 Å². The molecule has 3 aromatic rings. The van der Waals surface area contributed by atoms with E-state index in [1.54, 1.807) is 12.1 Å². The van der Waals surface area contributed by atoms with Crippen LogP contribution in [0.1, 0.15) is 41.4 Å². The van der Waals surface area contributed by atoms with E-state index in [4.69, 9.17) is 0 Å². The van der Waals surface area contributed by atoms with Crippen LogP contribution < -0.4 is 10.9 Å². The fourth-order valence-electron chi connectivity index (χ4n) is 3.61. The van der Waals surface area contributed by atoms with Gasteiger partial charge < -0.3 is 5.32 Å². The van der Waals surface area contributed by atoms with Gasteiger partial charge in [-0.1, -0.05) is 31.2 Å². The molecule has 0 saturated carbocycles. The number of aromatic nitrogens is 2. The Bertz CT molecular complexity index is 1050. The van der Waals surface area contributed by atoms with Crippen LogP contribution in [0.3, 0.4) is 0 Å². The second kappa shape index (κ2) is 6.75. The molecule has 2 aromatic carbocycles. The molecule has 0 atom stereocenters. The van der Waals surface area contributed by atoms with Gasteiger partial charge in [-0.2, -0.15) is 5.10 Å². The van der Waals surface area contributed by atoms with Crippen molar-refractivity contribution in [2.45, 2.75) is 39.2 Å². The molecule has 0 radical (unpaired) electrons. The molecule has 1 aliphatic rings. The first kappa shape index (κ1) is 16.5. The van der Waals surface area contributed by atoms with Crippen LogP contribution in [0.15, 0.2) is 47.3 Å². The SMILES string of the molecule is CCCn1nc(C(=O)Nc2ccc3c(c2)CCC3)c2ccccc2c1=O. The second-order valence-corrected chi connectivity index (χ2v) is 6.71. The number of amides is 1. The molecule has 1 aromatic heterocycles. The number of benzene rings is 2. The van der Waals surface area contributed by atoms with Crippen molar-refractivity contribution in [1.29, 1.82) is 0 Å². The molecule has 4 rings (SSSR count). The van der Waals surface area contributed by atoms with Crippen LogP contribution in [0, 0.1) is 0 Å². The minimum absolute atomic E-state index is 0.156. The lowest BCUT2D eigenvalue weighted by Crippen LogP contribution is -2.27. The van der Waals surface area contributed by atoms with Crippen LogP contribution in [0.2, 0.25) is 0 Å². The lowest BCUT2D eigenvalue weighted by atomic mass is 10.1. The number of hydrogen-bond donors (Lipinski definition) is 1. The zero-order valence-electron chi connectivity index (χ0n) is 14.8. The summed E-state index contributed by atoms with van der Waals surface area (Å²) in [6.07, 6.45) is 4.11. The summed E-state index contributed by atoms with van der Waals surface area (Å²) in [6, 6.07) is 13.2. The molecule has 132 valence electrons. The molecule has 0 spiro atoms. The average molecular weight is 347 g/mol. The van der Waals surface area contributed by atoms with Gasteiger partial charge in [0.15, 0.2) is 5.69 Å². The van der Waals surface area contributed by atoms with Crippen molar-refractivity contribution >= 4 is 22.4 Å². The summed E-state index contributed by atoms with van der Waals surface area (Å²) in [7, 11) is 0. The number of rotatable bonds is 4. The van der Waals surface area contributed by atoms with E-state index < -0.39 is 0 Å². The van der Waals surface area contributed by atoms with E-state index in [1.807, 2.05) is 31.2 Å². The van der Waals surface area contributed by atoms with Gasteiger partial charge in [-0.25, -0.2) is 4.68 Å². The highest BCUT2D eigenvalue weighted by atomic mass is 16.2. The van der Waals surface area contributed by atoms with Crippen molar-refractivity contribution in [1.82, 2.24) is 9.78 Å². The Morgan fingerprint density at radius 1 is 1.12 bits per heavy atom. The van der Waals surface area contributed by atoms with Crippen molar-refractivity contribution in [3.8, 4) is 0 Å². The third-order valence-corrected chi connectivity index (χ3v) is 4.87. The first-order valence-corrected chi connectivity index (χ1v) is 9.10. The molecule has 0 unspecified atom stereocenters. The highest BCUT2D eigenvalue weighted by Gasteiger charge is 2.18. The first-order chi connectivity index (χ1) is 12.7. The maximum atomic E-state index is 12.9. The minimum Gasteiger partial charge on any atom is -0.321 e. The minimum atomic E-state index is -0.288. The molecule has 5 heteroatoms. The summed E-state index contributed by atoms with van der Waals surface area (Å²) in [5, 5.41) is 8.41. The third-order valence-electron chi connectivity index (χ3n) is 4.87. The highest BCUT2D eigenvalue weighted by molar-refractivity contribution is 6.11. The Labute approximate surface area is 151 Å². The van der Waals surface area contributed by atoms with Gasteiger partial charge in [-0.05, 0) is 55.0 Å². The van der Waals surface area contributed by atoms with Gasteiger partial charge in [-0.15, -0.1) is 0 Å². The molecule has 1 heterocycles. The number of fused-ring (bicyclic) bond motifs is 2. The van der Waals surface area contributed by atoms with E-state index >= 15 is 0 Å². The predicted octanol–water partition coefficient (Wildman–Crippen LogP) is 3.55. The number of nitrogens with zero attached hydrogens (tertiary/aromatic N) is 2. The highest BCUT2D eigenvalue weighted by Crippen LogP contribution is 2.25. The average Bonchev–Trinajstić information content (AvgIpc) is 3.12. The molecule has 1 aliphatic carbocycles. The molecule has 0 saturated heterocycles. The van der Waals surface area contributed by atoms with Crippen LogP contribution in [-0.4, -0.2) is 15.7 Å². The smallest absolute Gasteiger partial charge is 0.276 e. The van der Waals surface area contributed by atoms with Crippen LogP contribution >= 0.6 is 0 Å². The predicted molar refractivity (Wildman–Crippen MR) is 103 cm³/mol. The van der Waals surface area contributed by atoms with Crippen molar-refractivity contribution in [2.24, 2.45) is 0 Å². The van der Waals surface area contributed by atoms with E-state index in [-0.39, 0.29) is 17.2 Å². The Hall–Kier alpha value is -2.95. The largest absolute Gasteiger partial charge is 0.321 e. The van der Waals surface area contributed by atoms with Gasteiger partial charge in [0.25, 0.3) is 11.5 Å². The van der Waals surface area contributed by atoms with Crippen LogP contribution in [0.5, 0.6) is 0 Å². The molecule has 0 aliphatic heterocycles. The van der Waals surface area contributed by atoms with E-state index in [1.165, 1.54) is 22.2 Å². The summed E-state index contributed by atoms with van der Waals surface area (Å²) >= 11 is 0. The topological polar surface area (TPSA) is 64.0 Å². The summed E-state index contributed by atoms with van der Waals surface area (Å²) in [5.41, 5.74) is 3.57. The maximum absolute atomic E-state index is 12.9. The number of aryl methyl sites for hydroxylation is 3. The van der Waals surface area contributed by atoms with Crippen molar-refractivity contribution < 1.29 is 4.79 Å². The molecular formula is C21H21N3O2. The molecule has 1 amide bonds. The quantitative estimate of drug-likeness (QED) is 0.785. The zero-order valence-corrected chi connectivity index (χ0v) is 14.8. The second-order valence-electron chi connectivity index (χ2n) is 6.71. The number of carbonyl (C=O) groups is 1. The summed E-state index contributed by atoms with van der Waals surface area (Å²) in [4.78, 5) is 25.5. The number of carbonyl (C=O) groups excluding carboxylic acids is 1. The lowest BCUT2D eigenvalue weighted by molar-refractivity contribution is 0.102. The maximum Gasteiger partial charge on any atom is 0.276 e. The van der Waals surface area contributed by atoms with Crippen LogP contribution in [0.25, 0.3) is 10.8 Å². The Morgan fingerprint density at radius 2 is 1.88 bits per heavy atom. The van der Waals surface area contributed by atoms with Crippen molar-refractivity contribution in [3.63, 3.8) is 0 Å². The zero-order chi connectivity index (χ0) is 18.1. The van der Waals surface area contributed by atoms with E-state index in [9.17, 15) is 9.59 Å². The molecular weight excluding hydrogens is 326 g/mol. The summed E-state index contributed by atoms with van der Waals surface area (Å²) < 4.78 is 1.39.